The first-order valence-electron chi connectivity index (χ1n) is 8.32. The second-order valence-corrected chi connectivity index (χ2v) is 5.93. The van der Waals surface area contributed by atoms with Crippen molar-refractivity contribution in [3.05, 3.63) is 95.6 Å². The van der Waals surface area contributed by atoms with Crippen LogP contribution in [0.5, 0.6) is 0 Å². The summed E-state index contributed by atoms with van der Waals surface area (Å²) in [5.74, 6) is 0. The summed E-state index contributed by atoms with van der Waals surface area (Å²) in [5.41, 5.74) is 6.34. The number of benzene rings is 3. The first-order chi connectivity index (χ1) is 11.3. The van der Waals surface area contributed by atoms with Gasteiger partial charge in [0, 0.05) is 11.4 Å². The van der Waals surface area contributed by atoms with Gasteiger partial charge in [0.15, 0.2) is 0 Å². The van der Waals surface area contributed by atoms with Crippen LogP contribution in [0.15, 0.2) is 78.9 Å². The van der Waals surface area contributed by atoms with Gasteiger partial charge in [-0.05, 0) is 53.8 Å². The highest BCUT2D eigenvalue weighted by Crippen LogP contribution is 2.20. The summed E-state index contributed by atoms with van der Waals surface area (Å²) in [6, 6.07) is 28.0. The number of anilines is 2. The molecular formula is C22H23N. The van der Waals surface area contributed by atoms with E-state index in [0.29, 0.717) is 0 Å². The van der Waals surface area contributed by atoms with Gasteiger partial charge in [-0.25, -0.2) is 0 Å². The minimum Gasteiger partial charge on any atom is -0.356 e. The predicted molar refractivity (Wildman–Crippen MR) is 99.4 cm³/mol. The van der Waals surface area contributed by atoms with Crippen LogP contribution < -0.4 is 5.32 Å². The molecule has 0 saturated carbocycles. The molecule has 0 spiro atoms. The Balaban J connectivity index is 1.69. The molecule has 1 heteroatoms. The second-order valence-electron chi connectivity index (χ2n) is 5.93. The van der Waals surface area contributed by atoms with Crippen LogP contribution in [0.4, 0.5) is 11.4 Å². The third-order valence-corrected chi connectivity index (χ3v) is 3.96. The maximum Gasteiger partial charge on any atom is 0.0387 e. The number of aryl methyl sites for hydroxylation is 1. The number of hydrogen-bond acceptors (Lipinski definition) is 1. The van der Waals surface area contributed by atoms with Crippen molar-refractivity contribution in [2.24, 2.45) is 0 Å². The van der Waals surface area contributed by atoms with E-state index in [0.717, 1.165) is 24.2 Å². The van der Waals surface area contributed by atoms with Crippen LogP contribution >= 0.6 is 0 Å². The van der Waals surface area contributed by atoms with Crippen molar-refractivity contribution in [1.82, 2.24) is 0 Å². The summed E-state index contributed by atoms with van der Waals surface area (Å²) in [4.78, 5) is 0. The van der Waals surface area contributed by atoms with Crippen LogP contribution in [0.1, 0.15) is 30.0 Å². The molecule has 3 rings (SSSR count). The van der Waals surface area contributed by atoms with Gasteiger partial charge in [-0.1, -0.05) is 67.9 Å². The zero-order valence-corrected chi connectivity index (χ0v) is 13.6. The van der Waals surface area contributed by atoms with Crippen LogP contribution in [-0.2, 0) is 12.8 Å². The first kappa shape index (κ1) is 15.4. The van der Waals surface area contributed by atoms with Gasteiger partial charge in [0.05, 0.1) is 0 Å². The smallest absolute Gasteiger partial charge is 0.0387 e. The fourth-order valence-corrected chi connectivity index (χ4v) is 2.80. The molecule has 0 amide bonds. The van der Waals surface area contributed by atoms with Gasteiger partial charge >= 0.3 is 0 Å². The van der Waals surface area contributed by atoms with Crippen molar-refractivity contribution < 1.29 is 0 Å². The van der Waals surface area contributed by atoms with Gasteiger partial charge in [0.25, 0.3) is 0 Å². The fourth-order valence-electron chi connectivity index (χ4n) is 2.80. The van der Waals surface area contributed by atoms with Crippen LogP contribution in [0, 0.1) is 0 Å². The van der Waals surface area contributed by atoms with Crippen molar-refractivity contribution >= 4 is 11.4 Å². The molecule has 0 fully saturated rings. The Morgan fingerprint density at radius 3 is 2.13 bits per heavy atom. The Bertz CT molecular complexity index is 729. The summed E-state index contributed by atoms with van der Waals surface area (Å²) in [7, 11) is 0. The highest BCUT2D eigenvalue weighted by molar-refractivity contribution is 5.60. The maximum absolute atomic E-state index is 3.50. The SMILES string of the molecule is CCCc1ccc(Nc2cccc(Cc3ccccc3)c2)cc1. The van der Waals surface area contributed by atoms with Gasteiger partial charge in [0.2, 0.25) is 0 Å². The lowest BCUT2D eigenvalue weighted by Gasteiger charge is -2.09. The van der Waals surface area contributed by atoms with E-state index in [9.17, 15) is 0 Å². The molecule has 1 N–H and O–H groups in total. The van der Waals surface area contributed by atoms with E-state index in [4.69, 9.17) is 0 Å². The minimum absolute atomic E-state index is 0.964. The standard InChI is InChI=1S/C22H23N/c1-2-7-18-12-14-21(15-13-18)23-22-11-6-10-20(17-22)16-19-8-4-3-5-9-19/h3-6,8-15,17,23H,2,7,16H2,1H3. The van der Waals surface area contributed by atoms with Gasteiger partial charge in [-0.15, -0.1) is 0 Å². The molecule has 3 aromatic rings. The summed E-state index contributed by atoms with van der Waals surface area (Å²) < 4.78 is 0. The second kappa shape index (κ2) is 7.64. The zero-order valence-electron chi connectivity index (χ0n) is 13.6. The number of hydrogen-bond donors (Lipinski definition) is 1. The number of rotatable bonds is 6. The molecule has 0 aromatic heterocycles. The largest absolute Gasteiger partial charge is 0.356 e. The fraction of sp³-hybridized carbons (Fsp3) is 0.182. The van der Waals surface area contributed by atoms with Gasteiger partial charge < -0.3 is 5.32 Å². The Morgan fingerprint density at radius 1 is 0.652 bits per heavy atom. The molecule has 1 nitrogen and oxygen atoms in total. The van der Waals surface area contributed by atoms with Crippen LogP contribution in [-0.4, -0.2) is 0 Å². The minimum atomic E-state index is 0.964. The van der Waals surface area contributed by atoms with Gasteiger partial charge in [0.1, 0.15) is 0 Å². The van der Waals surface area contributed by atoms with Crippen molar-refractivity contribution in [2.75, 3.05) is 5.32 Å². The Morgan fingerprint density at radius 2 is 1.39 bits per heavy atom. The van der Waals surface area contributed by atoms with E-state index in [1.54, 1.807) is 0 Å². The third-order valence-electron chi connectivity index (χ3n) is 3.96. The molecule has 0 radical (unpaired) electrons. The average Bonchev–Trinajstić information content (AvgIpc) is 2.58. The van der Waals surface area contributed by atoms with E-state index in [1.807, 2.05) is 0 Å². The highest BCUT2D eigenvalue weighted by Gasteiger charge is 1.99. The predicted octanol–water partition coefficient (Wildman–Crippen LogP) is 5.97. The molecule has 0 bridgehead atoms. The summed E-state index contributed by atoms with van der Waals surface area (Å²) >= 11 is 0. The van der Waals surface area contributed by atoms with Gasteiger partial charge in [-0.3, -0.25) is 0 Å². The first-order valence-corrected chi connectivity index (χ1v) is 8.32. The molecule has 0 aliphatic carbocycles. The lowest BCUT2D eigenvalue weighted by Crippen LogP contribution is -1.93. The van der Waals surface area contributed by atoms with Crippen LogP contribution in [0.2, 0.25) is 0 Å². The Kier molecular flexibility index (Phi) is 5.10. The van der Waals surface area contributed by atoms with Crippen molar-refractivity contribution in [2.45, 2.75) is 26.2 Å². The van der Waals surface area contributed by atoms with Crippen LogP contribution in [0.3, 0.4) is 0 Å². The molecule has 0 heterocycles. The van der Waals surface area contributed by atoms with E-state index in [1.165, 1.54) is 23.1 Å². The highest BCUT2D eigenvalue weighted by atomic mass is 14.9. The Hall–Kier alpha value is -2.54. The average molecular weight is 301 g/mol. The molecule has 3 aromatic carbocycles. The van der Waals surface area contributed by atoms with E-state index >= 15 is 0 Å². The maximum atomic E-state index is 3.50. The van der Waals surface area contributed by atoms with Crippen molar-refractivity contribution in [1.29, 1.82) is 0 Å². The van der Waals surface area contributed by atoms with E-state index < -0.39 is 0 Å². The molecule has 23 heavy (non-hydrogen) atoms. The lowest BCUT2D eigenvalue weighted by molar-refractivity contribution is 0.922. The van der Waals surface area contributed by atoms with Gasteiger partial charge in [-0.2, -0.15) is 0 Å². The normalized spacial score (nSPS) is 10.5. The van der Waals surface area contributed by atoms with Crippen molar-refractivity contribution in [3.63, 3.8) is 0 Å². The quantitative estimate of drug-likeness (QED) is 0.591. The van der Waals surface area contributed by atoms with Crippen LogP contribution in [0.25, 0.3) is 0 Å². The molecule has 0 aliphatic heterocycles. The third kappa shape index (κ3) is 4.46. The van der Waals surface area contributed by atoms with E-state index in [2.05, 4.69) is 91.1 Å². The molecule has 0 unspecified atom stereocenters. The van der Waals surface area contributed by atoms with Crippen molar-refractivity contribution in [3.8, 4) is 0 Å². The zero-order chi connectivity index (χ0) is 15.9. The summed E-state index contributed by atoms with van der Waals surface area (Å²) in [6.45, 7) is 2.21. The summed E-state index contributed by atoms with van der Waals surface area (Å²) in [5, 5.41) is 3.50. The molecule has 0 atom stereocenters. The lowest BCUT2D eigenvalue weighted by atomic mass is 10.0. The molecule has 116 valence electrons. The topological polar surface area (TPSA) is 12.0 Å². The number of nitrogens with one attached hydrogen (secondary N) is 1. The summed E-state index contributed by atoms with van der Waals surface area (Å²) in [6.07, 6.45) is 3.30. The monoisotopic (exact) mass is 301 g/mol. The molecule has 0 aliphatic rings. The Labute approximate surface area is 139 Å². The molecule has 0 saturated heterocycles. The molecular weight excluding hydrogens is 278 g/mol. The van der Waals surface area contributed by atoms with E-state index in [-0.39, 0.29) is 0 Å².